The van der Waals surface area contributed by atoms with E-state index in [9.17, 15) is 18.0 Å². The van der Waals surface area contributed by atoms with Gasteiger partial charge in [-0.3, -0.25) is 14.5 Å². The molecule has 1 saturated heterocycles. The van der Waals surface area contributed by atoms with E-state index in [1.807, 2.05) is 24.3 Å². The van der Waals surface area contributed by atoms with Crippen molar-refractivity contribution < 1.29 is 27.5 Å². The molecule has 0 saturated carbocycles. The van der Waals surface area contributed by atoms with E-state index < -0.39 is 15.7 Å². The maximum atomic E-state index is 13.3. The molecular formula is C31H30N4O6S2. The highest BCUT2D eigenvalue weighted by molar-refractivity contribution is 7.91. The molecule has 43 heavy (non-hydrogen) atoms. The van der Waals surface area contributed by atoms with Gasteiger partial charge in [0.1, 0.15) is 17.4 Å². The zero-order valence-electron chi connectivity index (χ0n) is 23.5. The molecule has 10 nitrogen and oxygen atoms in total. The van der Waals surface area contributed by atoms with Gasteiger partial charge < -0.3 is 20.1 Å². The zero-order chi connectivity index (χ0) is 30.0. The van der Waals surface area contributed by atoms with Crippen LogP contribution in [0.5, 0.6) is 5.75 Å². The Bertz CT molecular complexity index is 1780. The quantitative estimate of drug-likeness (QED) is 0.302. The molecule has 0 bridgehead atoms. The van der Waals surface area contributed by atoms with Gasteiger partial charge >= 0.3 is 0 Å². The standard InChI is InChI=1S/C31H30N4O6S2/c1-20-24(10-11-27-28(20)34-30(37)25-4-2-3-5-26(25)43(27,38)39)29(36)32-18-23-19-33-31(42-23)21-6-8-22(9-7-21)41-17-14-35-12-15-40-16-13-35/h2-11,19H,12-18H2,1H3,(H,32,36)(H,34,37). The maximum Gasteiger partial charge on any atom is 0.257 e. The highest BCUT2D eigenvalue weighted by Gasteiger charge is 2.33. The lowest BCUT2D eigenvalue weighted by molar-refractivity contribution is 0.0322. The van der Waals surface area contributed by atoms with Gasteiger partial charge in [0.05, 0.1) is 40.8 Å². The number of carbonyl (C=O) groups excluding carboxylic acids is 2. The van der Waals surface area contributed by atoms with Crippen molar-refractivity contribution in [2.24, 2.45) is 0 Å². The summed E-state index contributed by atoms with van der Waals surface area (Å²) < 4.78 is 37.9. The van der Waals surface area contributed by atoms with Crippen LogP contribution in [0.1, 0.15) is 31.2 Å². The number of carbonyl (C=O) groups is 2. The summed E-state index contributed by atoms with van der Waals surface area (Å²) in [5.74, 6) is -0.129. The summed E-state index contributed by atoms with van der Waals surface area (Å²) in [6.07, 6.45) is 1.72. The molecular weight excluding hydrogens is 588 g/mol. The summed E-state index contributed by atoms with van der Waals surface area (Å²) in [5, 5.41) is 6.41. The normalized spacial score (nSPS) is 16.0. The van der Waals surface area contributed by atoms with Crippen LogP contribution in [0.3, 0.4) is 0 Å². The summed E-state index contributed by atoms with van der Waals surface area (Å²) in [4.78, 5) is 33.6. The first-order chi connectivity index (χ1) is 20.8. The Morgan fingerprint density at radius 1 is 1.07 bits per heavy atom. The van der Waals surface area contributed by atoms with E-state index >= 15 is 0 Å². The van der Waals surface area contributed by atoms with Gasteiger partial charge in [-0.15, -0.1) is 11.3 Å². The van der Waals surface area contributed by atoms with E-state index in [0.717, 1.165) is 54.0 Å². The number of morpholine rings is 1. The van der Waals surface area contributed by atoms with E-state index in [-0.39, 0.29) is 39.1 Å². The first-order valence-electron chi connectivity index (χ1n) is 13.9. The number of amides is 2. The maximum absolute atomic E-state index is 13.3. The van der Waals surface area contributed by atoms with Crippen LogP contribution in [0.4, 0.5) is 5.69 Å². The third kappa shape index (κ3) is 6.04. The Balaban J connectivity index is 1.09. The van der Waals surface area contributed by atoms with E-state index in [0.29, 0.717) is 12.2 Å². The molecule has 0 aliphatic carbocycles. The Kier molecular flexibility index (Phi) is 8.26. The molecule has 0 atom stereocenters. The zero-order valence-corrected chi connectivity index (χ0v) is 25.1. The molecule has 1 fully saturated rings. The molecule has 222 valence electrons. The molecule has 3 heterocycles. The smallest absolute Gasteiger partial charge is 0.257 e. The molecule has 3 aromatic carbocycles. The third-order valence-electron chi connectivity index (χ3n) is 7.48. The number of rotatable bonds is 8. The SMILES string of the molecule is Cc1c(C(=O)NCc2cnc(-c3ccc(OCCN4CCOCC4)cc3)s2)ccc2c1NC(=O)c1ccccc1S2(=O)=O. The highest BCUT2D eigenvalue weighted by Crippen LogP contribution is 2.37. The van der Waals surface area contributed by atoms with Crippen LogP contribution in [0, 0.1) is 6.92 Å². The second-order valence-electron chi connectivity index (χ2n) is 10.2. The second-order valence-corrected chi connectivity index (χ2v) is 13.2. The number of ether oxygens (including phenoxy) is 2. The number of fused-ring (bicyclic) bond motifs is 2. The van der Waals surface area contributed by atoms with Crippen molar-refractivity contribution in [1.82, 2.24) is 15.2 Å². The van der Waals surface area contributed by atoms with E-state index in [1.165, 1.54) is 35.6 Å². The summed E-state index contributed by atoms with van der Waals surface area (Å²) >= 11 is 1.47. The minimum absolute atomic E-state index is 0.0412. The molecule has 4 aromatic rings. The number of nitrogens with zero attached hydrogens (tertiary/aromatic N) is 2. The number of benzene rings is 3. The summed E-state index contributed by atoms with van der Waals surface area (Å²) in [5.41, 5.74) is 1.77. The van der Waals surface area contributed by atoms with Gasteiger partial charge in [0, 0.05) is 41.8 Å². The predicted molar refractivity (Wildman–Crippen MR) is 163 cm³/mol. The van der Waals surface area contributed by atoms with Crippen LogP contribution in [-0.4, -0.2) is 69.6 Å². The fraction of sp³-hybridized carbons (Fsp3) is 0.258. The van der Waals surface area contributed by atoms with Crippen LogP contribution < -0.4 is 15.4 Å². The fourth-order valence-corrected chi connectivity index (χ4v) is 7.62. The van der Waals surface area contributed by atoms with Crippen molar-refractivity contribution in [1.29, 1.82) is 0 Å². The van der Waals surface area contributed by atoms with Gasteiger partial charge in [-0.2, -0.15) is 0 Å². The van der Waals surface area contributed by atoms with Crippen molar-refractivity contribution in [3.63, 3.8) is 0 Å². The highest BCUT2D eigenvalue weighted by atomic mass is 32.2. The van der Waals surface area contributed by atoms with Crippen LogP contribution in [-0.2, 0) is 21.1 Å². The first kappa shape index (κ1) is 29.0. The minimum Gasteiger partial charge on any atom is -0.492 e. The molecule has 2 aliphatic rings. The van der Waals surface area contributed by atoms with E-state index in [2.05, 4.69) is 20.5 Å². The van der Waals surface area contributed by atoms with Crippen molar-refractivity contribution in [3.05, 3.63) is 88.4 Å². The van der Waals surface area contributed by atoms with Gasteiger partial charge in [-0.05, 0) is 61.0 Å². The summed E-state index contributed by atoms with van der Waals surface area (Å²) in [6, 6.07) is 16.7. The van der Waals surface area contributed by atoms with Crippen molar-refractivity contribution in [3.8, 4) is 16.3 Å². The molecule has 0 unspecified atom stereocenters. The lowest BCUT2D eigenvalue weighted by Crippen LogP contribution is -2.38. The van der Waals surface area contributed by atoms with Gasteiger partial charge in [-0.25, -0.2) is 13.4 Å². The molecule has 0 radical (unpaired) electrons. The van der Waals surface area contributed by atoms with Crippen molar-refractivity contribution >= 4 is 38.7 Å². The second kappa shape index (κ2) is 12.3. The number of sulfone groups is 1. The Morgan fingerprint density at radius 2 is 1.84 bits per heavy atom. The summed E-state index contributed by atoms with van der Waals surface area (Å²) in [6.45, 7) is 6.73. The Morgan fingerprint density at radius 3 is 2.63 bits per heavy atom. The Labute approximate surface area is 253 Å². The summed E-state index contributed by atoms with van der Waals surface area (Å²) in [7, 11) is -3.96. The largest absolute Gasteiger partial charge is 0.492 e. The van der Waals surface area contributed by atoms with Gasteiger partial charge in [0.25, 0.3) is 11.8 Å². The van der Waals surface area contributed by atoms with Crippen LogP contribution in [0.2, 0.25) is 0 Å². The molecule has 0 spiro atoms. The van der Waals surface area contributed by atoms with Crippen molar-refractivity contribution in [2.45, 2.75) is 23.3 Å². The number of hydrogen-bond donors (Lipinski definition) is 2. The van der Waals surface area contributed by atoms with Crippen molar-refractivity contribution in [2.75, 3.05) is 44.8 Å². The average Bonchev–Trinajstić information content (AvgIpc) is 3.48. The van der Waals surface area contributed by atoms with Gasteiger partial charge in [0.15, 0.2) is 0 Å². The van der Waals surface area contributed by atoms with Gasteiger partial charge in [-0.1, -0.05) is 12.1 Å². The third-order valence-corrected chi connectivity index (χ3v) is 10.4. The molecule has 2 amide bonds. The fourth-order valence-electron chi connectivity index (χ4n) is 5.10. The number of aromatic nitrogens is 1. The van der Waals surface area contributed by atoms with Crippen LogP contribution >= 0.6 is 11.3 Å². The number of thiazole rings is 1. The molecule has 1 aromatic heterocycles. The topological polar surface area (TPSA) is 127 Å². The number of hydrogen-bond acceptors (Lipinski definition) is 9. The van der Waals surface area contributed by atoms with Crippen LogP contribution in [0.25, 0.3) is 10.6 Å². The molecule has 2 N–H and O–H groups in total. The van der Waals surface area contributed by atoms with E-state index in [1.54, 1.807) is 25.3 Å². The average molecular weight is 619 g/mol. The van der Waals surface area contributed by atoms with Gasteiger partial charge in [0.2, 0.25) is 9.84 Å². The molecule has 12 heteroatoms. The lowest BCUT2D eigenvalue weighted by Gasteiger charge is -2.26. The molecule has 2 aliphatic heterocycles. The van der Waals surface area contributed by atoms with Crippen LogP contribution in [0.15, 0.2) is 76.7 Å². The Hall–Kier alpha value is -4.10. The lowest BCUT2D eigenvalue weighted by atomic mass is 10.1. The minimum atomic E-state index is -3.96. The number of nitrogens with one attached hydrogen (secondary N) is 2. The number of anilines is 1. The first-order valence-corrected chi connectivity index (χ1v) is 16.2. The molecule has 6 rings (SSSR count). The monoisotopic (exact) mass is 618 g/mol. The van der Waals surface area contributed by atoms with E-state index in [4.69, 9.17) is 9.47 Å². The predicted octanol–water partition coefficient (Wildman–Crippen LogP) is 4.16.